The number of aromatic nitrogens is 1. The minimum Gasteiger partial charge on any atom is -0.343 e. The SMILES string of the molecule is O=C(Cc1ccccc1)NCN1CCCCC1c1cnccc1CCc1ccccc1. The van der Waals surface area contributed by atoms with Crippen molar-refractivity contribution < 1.29 is 4.79 Å². The average Bonchev–Trinajstić information content (AvgIpc) is 2.83. The van der Waals surface area contributed by atoms with Crippen LogP contribution in [0.1, 0.15) is 47.6 Å². The van der Waals surface area contributed by atoms with Crippen LogP contribution in [0.25, 0.3) is 0 Å². The van der Waals surface area contributed by atoms with Gasteiger partial charge in [-0.05, 0) is 54.0 Å². The predicted molar refractivity (Wildman–Crippen MR) is 125 cm³/mol. The van der Waals surface area contributed by atoms with E-state index in [4.69, 9.17) is 0 Å². The van der Waals surface area contributed by atoms with Crippen LogP contribution in [0.5, 0.6) is 0 Å². The summed E-state index contributed by atoms with van der Waals surface area (Å²) in [4.78, 5) is 19.3. The van der Waals surface area contributed by atoms with Gasteiger partial charge < -0.3 is 5.32 Å². The van der Waals surface area contributed by atoms with E-state index in [0.717, 1.165) is 31.4 Å². The zero-order valence-electron chi connectivity index (χ0n) is 18.0. The number of nitrogens with one attached hydrogen (secondary N) is 1. The molecule has 2 aromatic carbocycles. The number of piperidine rings is 1. The first-order valence-corrected chi connectivity index (χ1v) is 11.3. The van der Waals surface area contributed by atoms with Crippen molar-refractivity contribution in [1.82, 2.24) is 15.2 Å². The van der Waals surface area contributed by atoms with E-state index < -0.39 is 0 Å². The molecule has 1 saturated heterocycles. The lowest BCUT2D eigenvalue weighted by Gasteiger charge is -2.36. The van der Waals surface area contributed by atoms with Gasteiger partial charge in [-0.3, -0.25) is 14.7 Å². The molecular formula is C27H31N3O. The Labute approximate surface area is 185 Å². The molecule has 160 valence electrons. The number of aryl methyl sites for hydroxylation is 2. The molecule has 0 bridgehead atoms. The van der Waals surface area contributed by atoms with Crippen LogP contribution in [0.3, 0.4) is 0 Å². The minimum atomic E-state index is 0.0750. The van der Waals surface area contributed by atoms with Crippen LogP contribution in [0.2, 0.25) is 0 Å². The molecule has 0 aliphatic carbocycles. The van der Waals surface area contributed by atoms with Gasteiger partial charge in [0.1, 0.15) is 0 Å². The Morgan fingerprint density at radius 1 is 0.935 bits per heavy atom. The molecule has 31 heavy (non-hydrogen) atoms. The van der Waals surface area contributed by atoms with Gasteiger partial charge in [-0.2, -0.15) is 0 Å². The molecule has 3 aromatic rings. The highest BCUT2D eigenvalue weighted by atomic mass is 16.1. The zero-order valence-corrected chi connectivity index (χ0v) is 18.0. The quantitative estimate of drug-likeness (QED) is 0.582. The van der Waals surface area contributed by atoms with Crippen molar-refractivity contribution in [2.45, 2.75) is 44.6 Å². The van der Waals surface area contributed by atoms with Crippen molar-refractivity contribution in [1.29, 1.82) is 0 Å². The molecule has 0 saturated carbocycles. The van der Waals surface area contributed by atoms with Gasteiger partial charge in [0.25, 0.3) is 0 Å². The standard InChI is InChI=1S/C27H31N3O/c31-27(19-23-11-5-2-6-12-23)29-21-30-18-8-7-13-26(30)25-20-28-17-16-24(25)15-14-22-9-3-1-4-10-22/h1-6,9-12,16-17,20,26H,7-8,13-15,18-19,21H2,(H,29,31). The smallest absolute Gasteiger partial charge is 0.225 e. The number of rotatable bonds is 8. The lowest BCUT2D eigenvalue weighted by Crippen LogP contribution is -2.43. The third-order valence-electron chi connectivity index (χ3n) is 6.13. The molecule has 2 heterocycles. The highest BCUT2D eigenvalue weighted by molar-refractivity contribution is 5.78. The maximum atomic E-state index is 12.5. The van der Waals surface area contributed by atoms with Crippen LogP contribution in [0.15, 0.2) is 79.1 Å². The number of hydrogen-bond donors (Lipinski definition) is 1. The lowest BCUT2D eigenvalue weighted by atomic mass is 9.91. The Hall–Kier alpha value is -2.98. The minimum absolute atomic E-state index is 0.0750. The molecule has 1 atom stereocenters. The number of nitrogens with zero attached hydrogens (tertiary/aromatic N) is 2. The van der Waals surface area contributed by atoms with E-state index in [0.29, 0.717) is 19.1 Å². The summed E-state index contributed by atoms with van der Waals surface area (Å²) >= 11 is 0. The average molecular weight is 414 g/mol. The monoisotopic (exact) mass is 413 g/mol. The van der Waals surface area contributed by atoms with Crippen LogP contribution in [0, 0.1) is 0 Å². The van der Waals surface area contributed by atoms with E-state index in [1.165, 1.54) is 29.5 Å². The first-order valence-electron chi connectivity index (χ1n) is 11.3. The molecule has 1 aliphatic rings. The first-order chi connectivity index (χ1) is 15.3. The normalized spacial score (nSPS) is 16.7. The highest BCUT2D eigenvalue weighted by Gasteiger charge is 2.26. The number of carbonyl (C=O) groups is 1. The second kappa shape index (κ2) is 10.9. The van der Waals surface area contributed by atoms with Crippen LogP contribution in [-0.4, -0.2) is 29.0 Å². The molecule has 1 aromatic heterocycles. The largest absolute Gasteiger partial charge is 0.343 e. The Bertz CT molecular complexity index is 958. The van der Waals surface area contributed by atoms with Gasteiger partial charge in [-0.15, -0.1) is 0 Å². The fourth-order valence-electron chi connectivity index (χ4n) is 4.45. The lowest BCUT2D eigenvalue weighted by molar-refractivity contribution is -0.121. The summed E-state index contributed by atoms with van der Waals surface area (Å²) in [5.74, 6) is 0.0750. The van der Waals surface area contributed by atoms with E-state index in [1.807, 2.05) is 42.7 Å². The zero-order chi connectivity index (χ0) is 21.3. The third-order valence-corrected chi connectivity index (χ3v) is 6.13. The van der Waals surface area contributed by atoms with Crippen molar-refractivity contribution in [3.8, 4) is 0 Å². The third kappa shape index (κ3) is 6.02. The summed E-state index contributed by atoms with van der Waals surface area (Å²) < 4.78 is 0. The second-order valence-electron chi connectivity index (χ2n) is 8.30. The van der Waals surface area contributed by atoms with E-state index in [2.05, 4.69) is 51.6 Å². The summed E-state index contributed by atoms with van der Waals surface area (Å²) in [5, 5.41) is 3.14. The molecule has 0 radical (unpaired) electrons. The van der Waals surface area contributed by atoms with E-state index in [-0.39, 0.29) is 5.91 Å². The van der Waals surface area contributed by atoms with Crippen LogP contribution >= 0.6 is 0 Å². The van der Waals surface area contributed by atoms with Gasteiger partial charge in [0.15, 0.2) is 0 Å². The van der Waals surface area contributed by atoms with Crippen molar-refractivity contribution >= 4 is 5.91 Å². The van der Waals surface area contributed by atoms with Gasteiger partial charge in [0.2, 0.25) is 5.91 Å². The number of likely N-dealkylation sites (tertiary alicyclic amines) is 1. The van der Waals surface area contributed by atoms with E-state index >= 15 is 0 Å². The maximum Gasteiger partial charge on any atom is 0.225 e. The first kappa shape index (κ1) is 21.3. The fourth-order valence-corrected chi connectivity index (χ4v) is 4.45. The molecule has 1 aliphatic heterocycles. The van der Waals surface area contributed by atoms with E-state index in [9.17, 15) is 4.79 Å². The van der Waals surface area contributed by atoms with Crippen molar-refractivity contribution in [2.75, 3.05) is 13.2 Å². The molecule has 1 amide bonds. The molecule has 0 spiro atoms. The number of hydrogen-bond acceptors (Lipinski definition) is 3. The van der Waals surface area contributed by atoms with Crippen LogP contribution in [0.4, 0.5) is 0 Å². The Kier molecular flexibility index (Phi) is 7.46. The van der Waals surface area contributed by atoms with Crippen molar-refractivity contribution in [2.24, 2.45) is 0 Å². The Morgan fingerprint density at radius 3 is 2.45 bits per heavy atom. The molecule has 1 fully saturated rings. The summed E-state index contributed by atoms with van der Waals surface area (Å²) in [6.45, 7) is 1.59. The molecule has 4 nitrogen and oxygen atoms in total. The number of carbonyl (C=O) groups excluding carboxylic acids is 1. The molecule has 1 N–H and O–H groups in total. The van der Waals surface area contributed by atoms with Crippen LogP contribution < -0.4 is 5.32 Å². The summed E-state index contributed by atoms with van der Waals surface area (Å²) in [6.07, 6.45) is 9.89. The Morgan fingerprint density at radius 2 is 1.68 bits per heavy atom. The highest BCUT2D eigenvalue weighted by Crippen LogP contribution is 2.32. The second-order valence-corrected chi connectivity index (χ2v) is 8.30. The van der Waals surface area contributed by atoms with Gasteiger partial charge in [0, 0.05) is 25.0 Å². The number of amides is 1. The summed E-state index contributed by atoms with van der Waals surface area (Å²) in [5.41, 5.74) is 5.09. The molecule has 4 rings (SSSR count). The van der Waals surface area contributed by atoms with Gasteiger partial charge in [-0.25, -0.2) is 0 Å². The van der Waals surface area contributed by atoms with Crippen molar-refractivity contribution in [3.05, 3.63) is 101 Å². The maximum absolute atomic E-state index is 12.5. The van der Waals surface area contributed by atoms with Crippen molar-refractivity contribution in [3.63, 3.8) is 0 Å². The molecule has 4 heteroatoms. The fraction of sp³-hybridized carbons (Fsp3) is 0.333. The summed E-state index contributed by atoms with van der Waals surface area (Å²) in [6, 6.07) is 23.0. The van der Waals surface area contributed by atoms with Gasteiger partial charge in [-0.1, -0.05) is 67.1 Å². The molecule has 1 unspecified atom stereocenters. The molecular weight excluding hydrogens is 382 g/mol. The van der Waals surface area contributed by atoms with E-state index in [1.54, 1.807) is 0 Å². The Balaban J connectivity index is 1.40. The number of benzene rings is 2. The summed E-state index contributed by atoms with van der Waals surface area (Å²) in [7, 11) is 0. The van der Waals surface area contributed by atoms with Gasteiger partial charge >= 0.3 is 0 Å². The topological polar surface area (TPSA) is 45.2 Å². The van der Waals surface area contributed by atoms with Gasteiger partial charge in [0.05, 0.1) is 13.1 Å². The van der Waals surface area contributed by atoms with Crippen LogP contribution in [-0.2, 0) is 24.1 Å². The predicted octanol–water partition coefficient (Wildman–Crippen LogP) is 4.71. The number of pyridine rings is 1.